The van der Waals surface area contributed by atoms with Crippen LogP contribution in [0.1, 0.15) is 25.3 Å². The van der Waals surface area contributed by atoms with E-state index < -0.39 is 0 Å². The maximum atomic E-state index is 9.16. The number of hydrogen-bond donors (Lipinski definition) is 0. The molecule has 0 saturated carbocycles. The molecule has 0 amide bonds. The quantitative estimate of drug-likeness (QED) is 0.859. The summed E-state index contributed by atoms with van der Waals surface area (Å²) in [6.07, 6.45) is 2.44. The van der Waals surface area contributed by atoms with E-state index >= 15 is 0 Å². The number of rotatable bonds is 3. The Bertz CT molecular complexity index is 448. The molecule has 1 fully saturated rings. The molecule has 1 heterocycles. The van der Waals surface area contributed by atoms with E-state index in [4.69, 9.17) is 10.00 Å². The summed E-state index contributed by atoms with van der Waals surface area (Å²) in [5.74, 6) is 0. The van der Waals surface area contributed by atoms with Gasteiger partial charge in [0.05, 0.1) is 17.4 Å². The zero-order valence-electron chi connectivity index (χ0n) is 10.5. The summed E-state index contributed by atoms with van der Waals surface area (Å²) in [6, 6.07) is 8.07. The van der Waals surface area contributed by atoms with Gasteiger partial charge in [0, 0.05) is 24.2 Å². The lowest BCUT2D eigenvalue weighted by Crippen LogP contribution is -2.37. The van der Waals surface area contributed by atoms with Crippen LogP contribution in [0, 0.1) is 11.3 Å². The molecule has 3 nitrogen and oxygen atoms in total. The second-order valence-electron chi connectivity index (χ2n) is 4.42. The highest BCUT2D eigenvalue weighted by Crippen LogP contribution is 2.27. The Kier molecular flexibility index (Phi) is 4.62. The molecule has 0 bridgehead atoms. The Morgan fingerprint density at radius 1 is 1.44 bits per heavy atom. The van der Waals surface area contributed by atoms with Crippen molar-refractivity contribution in [2.75, 3.05) is 24.6 Å². The predicted molar refractivity (Wildman–Crippen MR) is 75.7 cm³/mol. The summed E-state index contributed by atoms with van der Waals surface area (Å²) in [4.78, 5) is 2.28. The van der Waals surface area contributed by atoms with Crippen molar-refractivity contribution < 1.29 is 4.74 Å². The van der Waals surface area contributed by atoms with E-state index in [9.17, 15) is 0 Å². The number of nitriles is 1. The van der Waals surface area contributed by atoms with Crippen LogP contribution >= 0.6 is 15.9 Å². The van der Waals surface area contributed by atoms with E-state index in [0.717, 1.165) is 48.3 Å². The third kappa shape index (κ3) is 3.04. The first-order chi connectivity index (χ1) is 8.74. The van der Waals surface area contributed by atoms with E-state index in [0.29, 0.717) is 6.10 Å². The summed E-state index contributed by atoms with van der Waals surface area (Å²) >= 11 is 3.47. The molecule has 0 N–H and O–H groups in total. The van der Waals surface area contributed by atoms with Crippen LogP contribution in [-0.2, 0) is 4.74 Å². The number of benzene rings is 1. The first-order valence-corrected chi connectivity index (χ1v) is 7.10. The highest BCUT2D eigenvalue weighted by Gasteiger charge is 2.21. The topological polar surface area (TPSA) is 36.3 Å². The molecule has 1 aliphatic heterocycles. The number of nitrogens with zero attached hydrogens (tertiary/aromatic N) is 2. The number of anilines is 1. The minimum Gasteiger partial charge on any atom is -0.378 e. The SMILES string of the molecule is CCOC1CCN(c2cc(Br)ccc2C#N)CC1. The zero-order chi connectivity index (χ0) is 13.0. The number of piperidine rings is 1. The summed E-state index contributed by atoms with van der Waals surface area (Å²) < 4.78 is 6.66. The lowest BCUT2D eigenvalue weighted by Gasteiger charge is -2.33. The Morgan fingerprint density at radius 3 is 2.78 bits per heavy atom. The minimum absolute atomic E-state index is 0.379. The van der Waals surface area contributed by atoms with Crippen molar-refractivity contribution in [3.05, 3.63) is 28.2 Å². The van der Waals surface area contributed by atoms with Crippen molar-refractivity contribution in [1.82, 2.24) is 0 Å². The van der Waals surface area contributed by atoms with Crippen LogP contribution in [0.4, 0.5) is 5.69 Å². The van der Waals surface area contributed by atoms with Crippen LogP contribution in [0.15, 0.2) is 22.7 Å². The van der Waals surface area contributed by atoms with Gasteiger partial charge in [-0.1, -0.05) is 15.9 Å². The molecule has 4 heteroatoms. The predicted octanol–water partition coefficient (Wildman–Crippen LogP) is 3.33. The van der Waals surface area contributed by atoms with Gasteiger partial charge in [-0.05, 0) is 38.0 Å². The minimum atomic E-state index is 0.379. The van der Waals surface area contributed by atoms with Crippen LogP contribution in [0.25, 0.3) is 0 Å². The highest BCUT2D eigenvalue weighted by molar-refractivity contribution is 9.10. The van der Waals surface area contributed by atoms with Gasteiger partial charge in [0.15, 0.2) is 0 Å². The molecule has 0 unspecified atom stereocenters. The first kappa shape index (κ1) is 13.4. The Morgan fingerprint density at radius 2 is 2.17 bits per heavy atom. The summed E-state index contributed by atoms with van der Waals surface area (Å²) in [7, 11) is 0. The van der Waals surface area contributed by atoms with Crippen molar-refractivity contribution in [3.8, 4) is 6.07 Å². The second-order valence-corrected chi connectivity index (χ2v) is 5.33. The standard InChI is InChI=1S/C14H17BrN2O/c1-2-18-13-5-7-17(8-6-13)14-9-12(15)4-3-11(14)10-16/h3-4,9,13H,2,5-8H2,1H3. The van der Waals surface area contributed by atoms with Crippen LogP contribution in [0.2, 0.25) is 0 Å². The first-order valence-electron chi connectivity index (χ1n) is 6.30. The Labute approximate surface area is 116 Å². The van der Waals surface area contributed by atoms with Gasteiger partial charge >= 0.3 is 0 Å². The molecule has 1 aliphatic rings. The van der Waals surface area contributed by atoms with Gasteiger partial charge in [-0.25, -0.2) is 0 Å². The largest absolute Gasteiger partial charge is 0.378 e. The van der Waals surface area contributed by atoms with Crippen LogP contribution in [0.3, 0.4) is 0 Å². The molecular weight excluding hydrogens is 292 g/mol. The van der Waals surface area contributed by atoms with E-state index in [2.05, 4.69) is 26.9 Å². The molecule has 2 rings (SSSR count). The molecule has 0 aliphatic carbocycles. The third-order valence-electron chi connectivity index (χ3n) is 3.27. The summed E-state index contributed by atoms with van der Waals surface area (Å²) in [5.41, 5.74) is 1.77. The molecule has 1 aromatic rings. The maximum Gasteiger partial charge on any atom is 0.101 e. The summed E-state index contributed by atoms with van der Waals surface area (Å²) in [6.45, 7) is 4.73. The molecule has 18 heavy (non-hydrogen) atoms. The number of halogens is 1. The molecule has 0 spiro atoms. The van der Waals surface area contributed by atoms with Gasteiger partial charge in [-0.15, -0.1) is 0 Å². The highest BCUT2D eigenvalue weighted by atomic mass is 79.9. The monoisotopic (exact) mass is 308 g/mol. The number of ether oxygens (including phenoxy) is 1. The molecular formula is C14H17BrN2O. The second kappa shape index (κ2) is 6.21. The molecule has 96 valence electrons. The van der Waals surface area contributed by atoms with Crippen molar-refractivity contribution in [2.45, 2.75) is 25.9 Å². The fourth-order valence-corrected chi connectivity index (χ4v) is 2.71. The molecule has 1 saturated heterocycles. The van der Waals surface area contributed by atoms with Gasteiger partial charge in [-0.2, -0.15) is 5.26 Å². The van der Waals surface area contributed by atoms with Crippen LogP contribution in [-0.4, -0.2) is 25.8 Å². The Hall–Kier alpha value is -1.05. The van der Waals surface area contributed by atoms with Gasteiger partial charge in [0.2, 0.25) is 0 Å². The van der Waals surface area contributed by atoms with Crippen molar-refractivity contribution in [2.24, 2.45) is 0 Å². The molecule has 0 aromatic heterocycles. The van der Waals surface area contributed by atoms with Gasteiger partial charge in [0.1, 0.15) is 6.07 Å². The fraction of sp³-hybridized carbons (Fsp3) is 0.500. The molecule has 0 radical (unpaired) electrons. The Balaban J connectivity index is 2.10. The fourth-order valence-electron chi connectivity index (χ4n) is 2.36. The van der Waals surface area contributed by atoms with E-state index in [1.807, 2.05) is 25.1 Å². The van der Waals surface area contributed by atoms with Crippen LogP contribution < -0.4 is 4.90 Å². The maximum absolute atomic E-state index is 9.16. The number of hydrogen-bond acceptors (Lipinski definition) is 3. The van der Waals surface area contributed by atoms with E-state index in [1.54, 1.807) is 0 Å². The smallest absolute Gasteiger partial charge is 0.101 e. The van der Waals surface area contributed by atoms with Crippen molar-refractivity contribution in [3.63, 3.8) is 0 Å². The van der Waals surface area contributed by atoms with E-state index in [1.165, 1.54) is 0 Å². The van der Waals surface area contributed by atoms with Crippen molar-refractivity contribution in [1.29, 1.82) is 5.26 Å². The average Bonchev–Trinajstić information content (AvgIpc) is 2.40. The van der Waals surface area contributed by atoms with Crippen LogP contribution in [0.5, 0.6) is 0 Å². The van der Waals surface area contributed by atoms with Gasteiger partial charge < -0.3 is 9.64 Å². The normalized spacial score (nSPS) is 16.6. The zero-order valence-corrected chi connectivity index (χ0v) is 12.1. The summed E-state index contributed by atoms with van der Waals surface area (Å²) in [5, 5.41) is 9.16. The van der Waals surface area contributed by atoms with Crippen molar-refractivity contribution >= 4 is 21.6 Å². The van der Waals surface area contributed by atoms with Gasteiger partial charge in [-0.3, -0.25) is 0 Å². The lowest BCUT2D eigenvalue weighted by atomic mass is 10.1. The van der Waals surface area contributed by atoms with E-state index in [-0.39, 0.29) is 0 Å². The molecule has 1 aromatic carbocycles. The lowest BCUT2D eigenvalue weighted by molar-refractivity contribution is 0.0459. The average molecular weight is 309 g/mol. The third-order valence-corrected chi connectivity index (χ3v) is 3.76. The van der Waals surface area contributed by atoms with Gasteiger partial charge in [0.25, 0.3) is 0 Å². The molecule has 0 atom stereocenters.